The van der Waals surface area contributed by atoms with Gasteiger partial charge in [-0.2, -0.15) is 0 Å². The molecule has 0 saturated heterocycles. The molecule has 0 radical (unpaired) electrons. The molecule has 1 atom stereocenters. The minimum absolute atomic E-state index is 0.0425. The van der Waals surface area contributed by atoms with Crippen LogP contribution in [0, 0.1) is 17.0 Å². The number of nitro groups is 1. The highest BCUT2D eigenvalue weighted by Gasteiger charge is 2.13. The summed E-state index contributed by atoms with van der Waals surface area (Å²) in [6.45, 7) is 4.52. The van der Waals surface area contributed by atoms with Gasteiger partial charge in [-0.05, 0) is 32.4 Å². The second-order valence-electron chi connectivity index (χ2n) is 4.06. The molecule has 1 aromatic carbocycles. The van der Waals surface area contributed by atoms with Gasteiger partial charge in [0.2, 0.25) is 0 Å². The van der Waals surface area contributed by atoms with E-state index in [9.17, 15) is 10.1 Å². The van der Waals surface area contributed by atoms with Gasteiger partial charge in [0.05, 0.1) is 4.92 Å². The van der Waals surface area contributed by atoms with Crippen LogP contribution < -0.4 is 5.32 Å². The zero-order valence-electron chi connectivity index (χ0n) is 10.1. The molecule has 1 rings (SSSR count). The standard InChI is InChI=1S/C12H18N2O3/c1-9-4-5-11(8-12(9)14(16)17)10(2)13-6-3-7-15/h4-5,8,10,13,15H,3,6-7H2,1-2H3. The van der Waals surface area contributed by atoms with E-state index < -0.39 is 0 Å². The third kappa shape index (κ3) is 3.80. The zero-order chi connectivity index (χ0) is 12.8. The lowest BCUT2D eigenvalue weighted by molar-refractivity contribution is -0.385. The largest absolute Gasteiger partial charge is 0.396 e. The number of aryl methyl sites for hydroxylation is 1. The number of hydrogen-bond acceptors (Lipinski definition) is 4. The first kappa shape index (κ1) is 13.6. The number of aliphatic hydroxyl groups is 1. The predicted octanol–water partition coefficient (Wildman–Crippen LogP) is 1.94. The van der Waals surface area contributed by atoms with Crippen molar-refractivity contribution in [2.75, 3.05) is 13.2 Å². The summed E-state index contributed by atoms with van der Waals surface area (Å²) < 4.78 is 0. The highest BCUT2D eigenvalue weighted by atomic mass is 16.6. The Balaban J connectivity index is 2.77. The monoisotopic (exact) mass is 238 g/mol. The third-order valence-corrected chi connectivity index (χ3v) is 2.72. The van der Waals surface area contributed by atoms with Gasteiger partial charge in [0, 0.05) is 24.3 Å². The Bertz CT molecular complexity index is 393. The van der Waals surface area contributed by atoms with Crippen LogP contribution in [0.3, 0.4) is 0 Å². The van der Waals surface area contributed by atoms with Gasteiger partial charge in [-0.25, -0.2) is 0 Å². The minimum atomic E-state index is -0.362. The number of aliphatic hydroxyl groups excluding tert-OH is 1. The molecule has 0 fully saturated rings. The Morgan fingerprint density at radius 2 is 2.24 bits per heavy atom. The van der Waals surface area contributed by atoms with Gasteiger partial charge in [-0.1, -0.05) is 12.1 Å². The summed E-state index contributed by atoms with van der Waals surface area (Å²) in [4.78, 5) is 10.4. The lowest BCUT2D eigenvalue weighted by atomic mass is 10.0. The summed E-state index contributed by atoms with van der Waals surface area (Å²) in [6.07, 6.45) is 0.679. The van der Waals surface area contributed by atoms with Crippen LogP contribution in [0.2, 0.25) is 0 Å². The molecule has 0 aliphatic rings. The first-order valence-electron chi connectivity index (χ1n) is 5.65. The van der Waals surface area contributed by atoms with Gasteiger partial charge in [0.1, 0.15) is 0 Å². The molecule has 0 aliphatic carbocycles. The van der Waals surface area contributed by atoms with Crippen molar-refractivity contribution < 1.29 is 10.0 Å². The highest BCUT2D eigenvalue weighted by Crippen LogP contribution is 2.22. The molecule has 17 heavy (non-hydrogen) atoms. The molecule has 0 saturated carbocycles. The lowest BCUT2D eigenvalue weighted by Crippen LogP contribution is -2.20. The predicted molar refractivity (Wildman–Crippen MR) is 66.0 cm³/mol. The zero-order valence-corrected chi connectivity index (χ0v) is 10.1. The summed E-state index contributed by atoms with van der Waals surface area (Å²) in [5.74, 6) is 0. The number of nitrogens with one attached hydrogen (secondary N) is 1. The van der Waals surface area contributed by atoms with Gasteiger partial charge in [-0.3, -0.25) is 10.1 Å². The summed E-state index contributed by atoms with van der Waals surface area (Å²) >= 11 is 0. The van der Waals surface area contributed by atoms with Crippen LogP contribution in [0.5, 0.6) is 0 Å². The number of nitrogens with zero attached hydrogens (tertiary/aromatic N) is 1. The Hall–Kier alpha value is -1.46. The van der Waals surface area contributed by atoms with E-state index in [1.807, 2.05) is 13.0 Å². The fraction of sp³-hybridized carbons (Fsp3) is 0.500. The van der Waals surface area contributed by atoms with Gasteiger partial charge in [0.25, 0.3) is 5.69 Å². The fourth-order valence-electron chi connectivity index (χ4n) is 1.61. The van der Waals surface area contributed by atoms with Crippen LogP contribution >= 0.6 is 0 Å². The van der Waals surface area contributed by atoms with Gasteiger partial charge in [0.15, 0.2) is 0 Å². The molecule has 0 heterocycles. The number of hydrogen-bond donors (Lipinski definition) is 2. The van der Waals surface area contributed by atoms with Crippen LogP contribution in [0.4, 0.5) is 5.69 Å². The van der Waals surface area contributed by atoms with Gasteiger partial charge >= 0.3 is 0 Å². The molecule has 0 aromatic heterocycles. The maximum absolute atomic E-state index is 10.8. The topological polar surface area (TPSA) is 75.4 Å². The molecule has 0 bridgehead atoms. The Morgan fingerprint density at radius 3 is 2.82 bits per heavy atom. The van der Waals surface area contributed by atoms with Crippen LogP contribution in [-0.4, -0.2) is 23.2 Å². The van der Waals surface area contributed by atoms with Crippen molar-refractivity contribution in [2.24, 2.45) is 0 Å². The van der Waals surface area contributed by atoms with Crippen molar-refractivity contribution >= 4 is 5.69 Å². The van der Waals surface area contributed by atoms with E-state index >= 15 is 0 Å². The maximum Gasteiger partial charge on any atom is 0.272 e. The lowest BCUT2D eigenvalue weighted by Gasteiger charge is -2.14. The first-order chi connectivity index (χ1) is 8.06. The smallest absolute Gasteiger partial charge is 0.272 e. The van der Waals surface area contributed by atoms with E-state index in [4.69, 9.17) is 5.11 Å². The maximum atomic E-state index is 10.8. The van der Waals surface area contributed by atoms with E-state index in [1.165, 1.54) is 0 Å². The summed E-state index contributed by atoms with van der Waals surface area (Å²) in [7, 11) is 0. The summed E-state index contributed by atoms with van der Waals surface area (Å²) in [5, 5.41) is 22.7. The average molecular weight is 238 g/mol. The van der Waals surface area contributed by atoms with Crippen LogP contribution in [0.1, 0.15) is 30.5 Å². The fourth-order valence-corrected chi connectivity index (χ4v) is 1.61. The van der Waals surface area contributed by atoms with Crippen LogP contribution in [0.15, 0.2) is 18.2 Å². The molecule has 0 aliphatic heterocycles. The third-order valence-electron chi connectivity index (χ3n) is 2.72. The molecule has 2 N–H and O–H groups in total. The average Bonchev–Trinajstić information content (AvgIpc) is 2.29. The minimum Gasteiger partial charge on any atom is -0.396 e. The van der Waals surface area contributed by atoms with Crippen LogP contribution in [0.25, 0.3) is 0 Å². The molecular formula is C12H18N2O3. The van der Waals surface area contributed by atoms with E-state index in [0.29, 0.717) is 18.5 Å². The van der Waals surface area contributed by atoms with E-state index in [0.717, 1.165) is 5.56 Å². The molecule has 5 nitrogen and oxygen atoms in total. The molecule has 1 aromatic rings. The van der Waals surface area contributed by atoms with Crippen molar-refractivity contribution in [1.82, 2.24) is 5.32 Å². The number of rotatable bonds is 6. The molecular weight excluding hydrogens is 220 g/mol. The normalized spacial score (nSPS) is 12.4. The van der Waals surface area contributed by atoms with E-state index in [2.05, 4.69) is 5.32 Å². The highest BCUT2D eigenvalue weighted by molar-refractivity contribution is 5.43. The Labute approximate surface area is 101 Å². The van der Waals surface area contributed by atoms with Gasteiger partial charge < -0.3 is 10.4 Å². The summed E-state index contributed by atoms with van der Waals surface area (Å²) in [6, 6.07) is 5.30. The van der Waals surface area contributed by atoms with Crippen molar-refractivity contribution in [3.05, 3.63) is 39.4 Å². The Morgan fingerprint density at radius 1 is 1.53 bits per heavy atom. The van der Waals surface area contributed by atoms with Crippen molar-refractivity contribution in [3.63, 3.8) is 0 Å². The van der Waals surface area contributed by atoms with Crippen molar-refractivity contribution in [1.29, 1.82) is 0 Å². The summed E-state index contributed by atoms with van der Waals surface area (Å²) in [5.41, 5.74) is 1.71. The quantitative estimate of drug-likeness (QED) is 0.451. The van der Waals surface area contributed by atoms with Gasteiger partial charge in [-0.15, -0.1) is 0 Å². The second-order valence-corrected chi connectivity index (χ2v) is 4.06. The van der Waals surface area contributed by atoms with E-state index in [-0.39, 0.29) is 23.3 Å². The van der Waals surface area contributed by atoms with Crippen LogP contribution in [-0.2, 0) is 0 Å². The van der Waals surface area contributed by atoms with Crippen molar-refractivity contribution in [3.8, 4) is 0 Å². The molecule has 1 unspecified atom stereocenters. The number of nitro benzene ring substituents is 1. The Kier molecular flexibility index (Phi) is 5.06. The molecule has 0 amide bonds. The second kappa shape index (κ2) is 6.32. The van der Waals surface area contributed by atoms with Crippen molar-refractivity contribution in [2.45, 2.75) is 26.3 Å². The molecule has 94 valence electrons. The number of benzene rings is 1. The SMILES string of the molecule is Cc1ccc(C(C)NCCCO)cc1[N+](=O)[O-]. The molecule has 5 heteroatoms. The molecule has 0 spiro atoms. The van der Waals surface area contributed by atoms with E-state index in [1.54, 1.807) is 19.1 Å². The first-order valence-corrected chi connectivity index (χ1v) is 5.65.